The van der Waals surface area contributed by atoms with Crippen LogP contribution in [0.1, 0.15) is 37.9 Å². The Kier molecular flexibility index (Phi) is 5.65. The molecule has 2 aromatic heterocycles. The number of rotatable bonds is 6. The number of nitrogens with zero attached hydrogens (tertiary/aromatic N) is 3. The second kappa shape index (κ2) is 8.39. The van der Waals surface area contributed by atoms with Crippen LogP contribution in [-0.4, -0.2) is 37.5 Å². The molecule has 0 saturated carbocycles. The zero-order valence-electron chi connectivity index (χ0n) is 17.6. The molecule has 0 saturated heterocycles. The van der Waals surface area contributed by atoms with E-state index in [-0.39, 0.29) is 16.9 Å². The van der Waals surface area contributed by atoms with E-state index in [1.165, 1.54) is 18.2 Å². The van der Waals surface area contributed by atoms with Crippen LogP contribution in [0, 0.1) is 11.6 Å². The number of hydrogen-bond donors (Lipinski definition) is 3. The molecule has 2 heterocycles. The third-order valence-electron chi connectivity index (χ3n) is 4.76. The Bertz CT molecular complexity index is 1220. The number of benzene rings is 2. The first kappa shape index (κ1) is 20.9. The standard InChI is InChI=1S/C23H24F2N6/c1-23(2,3)26-11-10-20-27-22(31-29-20)15-12-17-19(28-30-21(17)18(25)13-15)9-6-14-4-7-16(24)8-5-14/h4-9,12-13,26H,10-11H2,1-3H3,(H,28,30)(H,27,29,31)/b9-6+. The molecule has 160 valence electrons. The lowest BCUT2D eigenvalue weighted by molar-refractivity contribution is 0.427. The first-order valence-corrected chi connectivity index (χ1v) is 10.1. The van der Waals surface area contributed by atoms with Gasteiger partial charge in [-0.3, -0.25) is 10.2 Å². The molecular weight excluding hydrogens is 398 g/mol. The highest BCUT2D eigenvalue weighted by molar-refractivity contribution is 5.92. The molecule has 6 nitrogen and oxygen atoms in total. The van der Waals surface area contributed by atoms with Gasteiger partial charge >= 0.3 is 0 Å². The molecule has 0 bridgehead atoms. The molecule has 0 aliphatic carbocycles. The van der Waals surface area contributed by atoms with Gasteiger partial charge in [0.2, 0.25) is 0 Å². The number of nitrogens with one attached hydrogen (secondary N) is 3. The van der Waals surface area contributed by atoms with Crippen molar-refractivity contribution in [3.63, 3.8) is 0 Å². The van der Waals surface area contributed by atoms with Crippen molar-refractivity contribution in [2.24, 2.45) is 0 Å². The van der Waals surface area contributed by atoms with E-state index in [1.807, 2.05) is 12.1 Å². The van der Waals surface area contributed by atoms with Gasteiger partial charge in [-0.2, -0.15) is 10.2 Å². The summed E-state index contributed by atoms with van der Waals surface area (Å²) < 4.78 is 27.8. The van der Waals surface area contributed by atoms with Crippen molar-refractivity contribution in [3.05, 3.63) is 65.1 Å². The summed E-state index contributed by atoms with van der Waals surface area (Å²) in [5, 5.41) is 18.1. The van der Waals surface area contributed by atoms with Crippen LogP contribution in [0.15, 0.2) is 36.4 Å². The van der Waals surface area contributed by atoms with E-state index < -0.39 is 5.82 Å². The second-order valence-electron chi connectivity index (χ2n) is 8.41. The lowest BCUT2D eigenvalue weighted by Gasteiger charge is -2.19. The minimum absolute atomic E-state index is 0.0239. The Morgan fingerprint density at radius 2 is 1.77 bits per heavy atom. The molecule has 0 unspecified atom stereocenters. The fourth-order valence-electron chi connectivity index (χ4n) is 3.20. The van der Waals surface area contributed by atoms with Crippen molar-refractivity contribution in [1.29, 1.82) is 0 Å². The first-order chi connectivity index (χ1) is 14.8. The molecular formula is C23H24F2N6. The molecule has 0 fully saturated rings. The van der Waals surface area contributed by atoms with Crippen LogP contribution in [0.2, 0.25) is 0 Å². The number of H-pyrrole nitrogens is 2. The van der Waals surface area contributed by atoms with Crippen molar-refractivity contribution < 1.29 is 8.78 Å². The van der Waals surface area contributed by atoms with Gasteiger partial charge in [0.1, 0.15) is 17.2 Å². The zero-order valence-corrected chi connectivity index (χ0v) is 17.6. The van der Waals surface area contributed by atoms with Crippen LogP contribution in [0.25, 0.3) is 34.4 Å². The SMILES string of the molecule is CC(C)(C)NCCc1nc(-c2cc(F)c3n[nH]c(/C=C/c4ccc(F)cc4)c3c2)n[nH]1. The van der Waals surface area contributed by atoms with E-state index >= 15 is 0 Å². The van der Waals surface area contributed by atoms with Gasteiger partial charge < -0.3 is 5.32 Å². The van der Waals surface area contributed by atoms with Gasteiger partial charge in [-0.1, -0.05) is 18.2 Å². The van der Waals surface area contributed by atoms with Gasteiger partial charge in [0.25, 0.3) is 0 Å². The molecule has 0 spiro atoms. The summed E-state index contributed by atoms with van der Waals surface area (Å²) in [6, 6.07) is 9.31. The van der Waals surface area contributed by atoms with Gasteiger partial charge in [0, 0.05) is 29.5 Å². The fraction of sp³-hybridized carbons (Fsp3) is 0.261. The molecule has 0 aliphatic rings. The first-order valence-electron chi connectivity index (χ1n) is 10.1. The van der Waals surface area contributed by atoms with Crippen molar-refractivity contribution in [2.45, 2.75) is 32.7 Å². The molecule has 8 heteroatoms. The van der Waals surface area contributed by atoms with Crippen LogP contribution < -0.4 is 5.32 Å². The van der Waals surface area contributed by atoms with Crippen LogP contribution in [-0.2, 0) is 6.42 Å². The summed E-state index contributed by atoms with van der Waals surface area (Å²) >= 11 is 0. The molecule has 0 radical (unpaired) electrons. The number of halogens is 2. The molecule has 0 atom stereocenters. The normalized spacial score (nSPS) is 12.3. The predicted molar refractivity (Wildman–Crippen MR) is 118 cm³/mol. The quantitative estimate of drug-likeness (QED) is 0.420. The Morgan fingerprint density at radius 3 is 2.52 bits per heavy atom. The third kappa shape index (κ3) is 5.03. The number of hydrogen-bond acceptors (Lipinski definition) is 4. The highest BCUT2D eigenvalue weighted by atomic mass is 19.1. The number of aromatic amines is 2. The maximum atomic E-state index is 14.7. The average molecular weight is 422 g/mol. The summed E-state index contributed by atoms with van der Waals surface area (Å²) in [6.07, 6.45) is 4.28. The minimum Gasteiger partial charge on any atom is -0.312 e. The second-order valence-corrected chi connectivity index (χ2v) is 8.41. The fourth-order valence-corrected chi connectivity index (χ4v) is 3.20. The van der Waals surface area contributed by atoms with E-state index in [9.17, 15) is 8.78 Å². The van der Waals surface area contributed by atoms with Crippen molar-refractivity contribution in [2.75, 3.05) is 6.54 Å². The summed E-state index contributed by atoms with van der Waals surface area (Å²) in [4.78, 5) is 4.51. The number of fused-ring (bicyclic) bond motifs is 1. The van der Waals surface area contributed by atoms with E-state index in [1.54, 1.807) is 18.2 Å². The van der Waals surface area contributed by atoms with E-state index in [2.05, 4.69) is 51.5 Å². The Morgan fingerprint density at radius 1 is 1.00 bits per heavy atom. The van der Waals surface area contributed by atoms with Gasteiger partial charge in [0.15, 0.2) is 11.6 Å². The third-order valence-corrected chi connectivity index (χ3v) is 4.76. The van der Waals surface area contributed by atoms with Crippen LogP contribution in [0.3, 0.4) is 0 Å². The van der Waals surface area contributed by atoms with Crippen molar-refractivity contribution in [1.82, 2.24) is 30.7 Å². The van der Waals surface area contributed by atoms with Gasteiger partial charge in [-0.05, 0) is 56.7 Å². The molecule has 4 rings (SSSR count). The maximum Gasteiger partial charge on any atom is 0.181 e. The van der Waals surface area contributed by atoms with Crippen LogP contribution >= 0.6 is 0 Å². The number of aromatic nitrogens is 5. The monoisotopic (exact) mass is 422 g/mol. The lowest BCUT2D eigenvalue weighted by atomic mass is 10.1. The summed E-state index contributed by atoms with van der Waals surface area (Å²) in [5.74, 6) is 0.416. The largest absolute Gasteiger partial charge is 0.312 e. The van der Waals surface area contributed by atoms with E-state index in [0.717, 1.165) is 17.9 Å². The van der Waals surface area contributed by atoms with E-state index in [4.69, 9.17) is 0 Å². The molecule has 0 aliphatic heterocycles. The lowest BCUT2D eigenvalue weighted by Crippen LogP contribution is -2.37. The maximum absolute atomic E-state index is 14.7. The summed E-state index contributed by atoms with van der Waals surface area (Å²) in [5.41, 5.74) is 2.30. The topological polar surface area (TPSA) is 82.3 Å². The van der Waals surface area contributed by atoms with Gasteiger partial charge in [-0.25, -0.2) is 13.8 Å². The van der Waals surface area contributed by atoms with Crippen LogP contribution in [0.4, 0.5) is 8.78 Å². The van der Waals surface area contributed by atoms with Gasteiger partial charge in [0.05, 0.1) is 5.69 Å². The smallest absolute Gasteiger partial charge is 0.181 e. The predicted octanol–water partition coefficient (Wildman–Crippen LogP) is 4.73. The highest BCUT2D eigenvalue weighted by Gasteiger charge is 2.15. The highest BCUT2D eigenvalue weighted by Crippen LogP contribution is 2.27. The van der Waals surface area contributed by atoms with Gasteiger partial charge in [-0.15, -0.1) is 0 Å². The Labute approximate surface area is 178 Å². The summed E-state index contributed by atoms with van der Waals surface area (Å²) in [7, 11) is 0. The minimum atomic E-state index is -0.453. The van der Waals surface area contributed by atoms with Crippen LogP contribution in [0.5, 0.6) is 0 Å². The molecule has 0 amide bonds. The molecule has 31 heavy (non-hydrogen) atoms. The molecule has 2 aromatic carbocycles. The Balaban J connectivity index is 1.58. The van der Waals surface area contributed by atoms with Crippen molar-refractivity contribution in [3.8, 4) is 11.4 Å². The molecule has 3 N–H and O–H groups in total. The summed E-state index contributed by atoms with van der Waals surface area (Å²) in [6.45, 7) is 7.06. The molecule has 4 aromatic rings. The Hall–Kier alpha value is -3.39. The zero-order chi connectivity index (χ0) is 22.0. The average Bonchev–Trinajstić information content (AvgIpc) is 3.34. The van der Waals surface area contributed by atoms with Crippen molar-refractivity contribution >= 4 is 23.1 Å². The van der Waals surface area contributed by atoms with E-state index in [0.29, 0.717) is 28.9 Å².